The van der Waals surface area contributed by atoms with Gasteiger partial charge in [-0.3, -0.25) is 0 Å². The predicted molar refractivity (Wildman–Crippen MR) is 107 cm³/mol. The number of benzene rings is 2. The zero-order valence-electron chi connectivity index (χ0n) is 15.7. The topological polar surface area (TPSA) is 118 Å². The van der Waals surface area contributed by atoms with Gasteiger partial charge in [-0.2, -0.15) is 4.98 Å². The van der Waals surface area contributed by atoms with Crippen molar-refractivity contribution < 1.29 is 26.8 Å². The van der Waals surface area contributed by atoms with Gasteiger partial charge in [-0.25, -0.2) is 13.4 Å². The normalized spacial score (nSPS) is 13.2. The van der Waals surface area contributed by atoms with Crippen LogP contribution in [0, 0.1) is 0 Å². The molecule has 0 atom stereocenters. The van der Waals surface area contributed by atoms with Crippen molar-refractivity contribution in [2.24, 2.45) is 0 Å². The van der Waals surface area contributed by atoms with Crippen molar-refractivity contribution >= 4 is 32.7 Å². The molecule has 1 aliphatic rings. The average molecular weight is 445 g/mol. The highest BCUT2D eigenvalue weighted by molar-refractivity contribution is 7.98. The van der Waals surface area contributed by atoms with E-state index in [4.69, 9.17) is 18.4 Å². The van der Waals surface area contributed by atoms with Gasteiger partial charge in [0, 0.05) is 5.56 Å². The quantitative estimate of drug-likeness (QED) is 0.407. The number of ether oxygens (including phenoxy) is 2. The third-order valence-corrected chi connectivity index (χ3v) is 7.04. The maximum atomic E-state index is 12.0. The van der Waals surface area contributed by atoms with Crippen LogP contribution in [0.1, 0.15) is 12.8 Å². The number of fused-ring (bicyclic) bond motifs is 2. The molecule has 4 aromatic rings. The Morgan fingerprint density at radius 3 is 2.80 bits per heavy atom. The van der Waals surface area contributed by atoms with Crippen molar-refractivity contribution in [1.82, 2.24) is 15.1 Å². The van der Waals surface area contributed by atoms with E-state index in [1.165, 1.54) is 23.9 Å². The Kier molecular flexibility index (Phi) is 4.63. The van der Waals surface area contributed by atoms with Gasteiger partial charge in [0.1, 0.15) is 5.52 Å². The summed E-state index contributed by atoms with van der Waals surface area (Å²) in [5, 5.41) is 4.39. The van der Waals surface area contributed by atoms with Crippen molar-refractivity contribution in [2.45, 2.75) is 22.8 Å². The van der Waals surface area contributed by atoms with Crippen LogP contribution in [-0.2, 0) is 15.6 Å². The molecule has 154 valence electrons. The molecule has 0 radical (unpaired) electrons. The van der Waals surface area contributed by atoms with Crippen LogP contribution in [0.2, 0.25) is 0 Å². The van der Waals surface area contributed by atoms with Gasteiger partial charge in [-0.15, -0.1) is 0 Å². The lowest BCUT2D eigenvalue weighted by Gasteiger charge is -1.99. The van der Waals surface area contributed by atoms with Crippen molar-refractivity contribution in [3.63, 3.8) is 0 Å². The van der Waals surface area contributed by atoms with E-state index < -0.39 is 9.84 Å². The molecular formula is C19H15N3O6S2. The van der Waals surface area contributed by atoms with E-state index in [9.17, 15) is 8.42 Å². The van der Waals surface area contributed by atoms with Gasteiger partial charge in [0.15, 0.2) is 26.9 Å². The molecule has 0 saturated carbocycles. The largest absolute Gasteiger partial charge is 0.454 e. The van der Waals surface area contributed by atoms with E-state index in [0.717, 1.165) is 5.56 Å². The zero-order chi connectivity index (χ0) is 20.7. The number of rotatable bonds is 6. The van der Waals surface area contributed by atoms with Gasteiger partial charge in [-0.05, 0) is 36.4 Å². The lowest BCUT2D eigenvalue weighted by atomic mass is 10.2. The minimum atomic E-state index is -3.30. The van der Waals surface area contributed by atoms with Crippen molar-refractivity contribution in [3.05, 3.63) is 42.3 Å². The molecule has 0 aliphatic carbocycles. The number of sulfone groups is 1. The summed E-state index contributed by atoms with van der Waals surface area (Å²) in [6.45, 7) is 1.80. The lowest BCUT2D eigenvalue weighted by Crippen LogP contribution is -2.03. The van der Waals surface area contributed by atoms with Crippen LogP contribution in [0.15, 0.2) is 55.5 Å². The Labute approximate surface area is 175 Å². The predicted octanol–water partition coefficient (Wildman–Crippen LogP) is 3.69. The molecule has 0 bridgehead atoms. The molecule has 3 heterocycles. The fraction of sp³-hybridized carbons (Fsp3) is 0.211. The third kappa shape index (κ3) is 3.50. The first-order valence-corrected chi connectivity index (χ1v) is 11.6. The molecule has 9 nitrogen and oxygen atoms in total. The molecular weight excluding hydrogens is 430 g/mol. The Hall–Kier alpha value is -3.05. The molecule has 2 aromatic carbocycles. The van der Waals surface area contributed by atoms with Crippen LogP contribution in [0.4, 0.5) is 0 Å². The SMILES string of the molecule is CCS(=O)(=O)c1ccc2oc(SCc3nc(-c4ccc5c(c4)OCO5)no3)nc2c1. The van der Waals surface area contributed by atoms with Crippen molar-refractivity contribution in [3.8, 4) is 22.9 Å². The molecule has 30 heavy (non-hydrogen) atoms. The lowest BCUT2D eigenvalue weighted by molar-refractivity contribution is 0.174. The van der Waals surface area contributed by atoms with E-state index in [0.29, 0.717) is 45.3 Å². The van der Waals surface area contributed by atoms with E-state index in [1.54, 1.807) is 25.1 Å². The second-order valence-electron chi connectivity index (χ2n) is 6.38. The maximum Gasteiger partial charge on any atom is 0.257 e. The molecule has 2 aromatic heterocycles. The first kappa shape index (κ1) is 18.9. The summed E-state index contributed by atoms with van der Waals surface area (Å²) in [6.07, 6.45) is 0. The summed E-state index contributed by atoms with van der Waals surface area (Å²) in [5.74, 6) is 2.55. The minimum Gasteiger partial charge on any atom is -0.454 e. The van der Waals surface area contributed by atoms with Crippen molar-refractivity contribution in [1.29, 1.82) is 0 Å². The van der Waals surface area contributed by atoms with Crippen LogP contribution >= 0.6 is 11.8 Å². The Bertz CT molecular complexity index is 1350. The molecule has 1 aliphatic heterocycles. The summed E-state index contributed by atoms with van der Waals surface area (Å²) in [4.78, 5) is 8.97. The Morgan fingerprint density at radius 1 is 1.07 bits per heavy atom. The van der Waals surface area contributed by atoms with Crippen molar-refractivity contribution in [2.75, 3.05) is 12.5 Å². The van der Waals surface area contributed by atoms with E-state index in [1.807, 2.05) is 6.07 Å². The fourth-order valence-electron chi connectivity index (χ4n) is 2.90. The third-order valence-electron chi connectivity index (χ3n) is 4.50. The van der Waals surface area contributed by atoms with Gasteiger partial charge >= 0.3 is 0 Å². The number of hydrogen-bond acceptors (Lipinski definition) is 10. The Morgan fingerprint density at radius 2 is 1.93 bits per heavy atom. The molecule has 5 rings (SSSR count). The van der Waals surface area contributed by atoms with E-state index >= 15 is 0 Å². The zero-order valence-corrected chi connectivity index (χ0v) is 17.3. The number of nitrogens with zero attached hydrogens (tertiary/aromatic N) is 3. The standard InChI is InChI=1S/C19H15N3O6S2/c1-2-30(23,24)12-4-6-14-13(8-12)20-19(27-14)29-9-17-21-18(22-28-17)11-3-5-15-16(7-11)26-10-25-15/h3-8H,2,9-10H2,1H3. The van der Waals surface area contributed by atoms with Gasteiger partial charge in [0.25, 0.3) is 5.22 Å². The number of oxazole rings is 1. The van der Waals surface area contributed by atoms with Crippen LogP contribution in [0.3, 0.4) is 0 Å². The number of thioether (sulfide) groups is 1. The van der Waals surface area contributed by atoms with Gasteiger partial charge in [0.2, 0.25) is 18.5 Å². The molecule has 0 fully saturated rings. The summed E-state index contributed by atoms with van der Waals surface area (Å²) in [5.41, 5.74) is 1.75. The average Bonchev–Trinajstić information content (AvgIpc) is 3.49. The molecule has 11 heteroatoms. The minimum absolute atomic E-state index is 0.0286. The van der Waals surface area contributed by atoms with Crippen LogP contribution in [0.25, 0.3) is 22.5 Å². The highest BCUT2D eigenvalue weighted by atomic mass is 32.2. The first-order chi connectivity index (χ1) is 14.5. The summed E-state index contributed by atoms with van der Waals surface area (Å²) < 4.78 is 45.7. The van der Waals surface area contributed by atoms with Crippen LogP contribution in [-0.4, -0.2) is 36.1 Å². The van der Waals surface area contributed by atoms with Crippen LogP contribution < -0.4 is 9.47 Å². The maximum absolute atomic E-state index is 12.0. The Balaban J connectivity index is 1.31. The number of aromatic nitrogens is 3. The molecule has 0 N–H and O–H groups in total. The van der Waals surface area contributed by atoms with E-state index in [-0.39, 0.29) is 17.4 Å². The summed E-state index contributed by atoms with van der Waals surface area (Å²) >= 11 is 1.28. The van der Waals surface area contributed by atoms with Gasteiger partial charge < -0.3 is 18.4 Å². The second kappa shape index (κ2) is 7.33. The fourth-order valence-corrected chi connectivity index (χ4v) is 4.47. The van der Waals surface area contributed by atoms with Gasteiger partial charge in [0.05, 0.1) is 16.4 Å². The number of hydrogen-bond donors (Lipinski definition) is 0. The summed E-state index contributed by atoms with van der Waals surface area (Å²) in [6, 6.07) is 10.1. The second-order valence-corrected chi connectivity index (χ2v) is 9.59. The summed E-state index contributed by atoms with van der Waals surface area (Å²) in [7, 11) is -3.30. The highest BCUT2D eigenvalue weighted by Crippen LogP contribution is 2.35. The van der Waals surface area contributed by atoms with Crippen LogP contribution in [0.5, 0.6) is 11.5 Å². The highest BCUT2D eigenvalue weighted by Gasteiger charge is 2.18. The molecule has 0 spiro atoms. The molecule has 0 unspecified atom stereocenters. The first-order valence-electron chi connectivity index (χ1n) is 9.00. The molecule has 0 saturated heterocycles. The van der Waals surface area contributed by atoms with E-state index in [2.05, 4.69) is 15.1 Å². The smallest absolute Gasteiger partial charge is 0.257 e. The molecule has 0 amide bonds. The monoisotopic (exact) mass is 445 g/mol. The van der Waals surface area contributed by atoms with Gasteiger partial charge in [-0.1, -0.05) is 23.8 Å².